The van der Waals surface area contributed by atoms with Gasteiger partial charge in [-0.25, -0.2) is 0 Å². The van der Waals surface area contributed by atoms with E-state index in [4.69, 9.17) is 10.5 Å². The fraction of sp³-hybridized carbons (Fsp3) is 0.250. The van der Waals surface area contributed by atoms with Gasteiger partial charge >= 0.3 is 0 Å². The lowest BCUT2D eigenvalue weighted by Gasteiger charge is -1.96. The zero-order valence-electron chi connectivity index (χ0n) is 6.42. The van der Waals surface area contributed by atoms with Crippen molar-refractivity contribution >= 4 is 0 Å². The van der Waals surface area contributed by atoms with Crippen molar-refractivity contribution in [2.24, 2.45) is 5.73 Å². The van der Waals surface area contributed by atoms with Crippen molar-refractivity contribution in [2.75, 3.05) is 7.11 Å². The summed E-state index contributed by atoms with van der Waals surface area (Å²) in [5.41, 5.74) is 5.81. The lowest BCUT2D eigenvalue weighted by molar-refractivity contribution is 0.306. The minimum Gasteiger partial charge on any atom is -0.497 e. The lowest BCUT2D eigenvalue weighted by Crippen LogP contribution is -1.89. The van der Waals surface area contributed by atoms with E-state index in [0.717, 1.165) is 5.76 Å². The number of ether oxygens (including phenoxy) is 1. The molecule has 0 aromatic rings. The van der Waals surface area contributed by atoms with E-state index in [1.54, 1.807) is 19.3 Å². The van der Waals surface area contributed by atoms with Crippen molar-refractivity contribution in [3.63, 3.8) is 0 Å². The molecule has 2 nitrogen and oxygen atoms in total. The minimum absolute atomic E-state index is 0.524. The summed E-state index contributed by atoms with van der Waals surface area (Å²) in [7, 11) is 1.61. The van der Waals surface area contributed by atoms with Gasteiger partial charge in [0.1, 0.15) is 5.76 Å². The van der Waals surface area contributed by atoms with E-state index in [1.807, 2.05) is 13.0 Å². The molecule has 0 aliphatic carbocycles. The topological polar surface area (TPSA) is 35.2 Å². The summed E-state index contributed by atoms with van der Waals surface area (Å²) in [6.07, 6.45) is 5.31. The zero-order chi connectivity index (χ0) is 7.98. The van der Waals surface area contributed by atoms with E-state index in [-0.39, 0.29) is 0 Å². The molecule has 0 aliphatic rings. The molecule has 0 unspecified atom stereocenters. The maximum atomic E-state index is 5.29. The summed E-state index contributed by atoms with van der Waals surface area (Å²) in [5, 5.41) is 0. The molecule has 0 heterocycles. The minimum atomic E-state index is 0.524. The van der Waals surface area contributed by atoms with Crippen LogP contribution in [0.15, 0.2) is 36.3 Å². The predicted octanol–water partition coefficient (Wildman–Crippen LogP) is 1.57. The summed E-state index contributed by atoms with van der Waals surface area (Å²) in [4.78, 5) is 0. The molecule has 0 fully saturated rings. The molecular formula is C8H13NO. The summed E-state index contributed by atoms with van der Waals surface area (Å²) < 4.78 is 4.93. The fourth-order valence-electron chi connectivity index (χ4n) is 0.471. The van der Waals surface area contributed by atoms with Crippen LogP contribution in [0.1, 0.15) is 6.92 Å². The lowest BCUT2D eigenvalue weighted by atomic mass is 10.3. The Morgan fingerprint density at radius 1 is 1.50 bits per heavy atom. The van der Waals surface area contributed by atoms with Crippen molar-refractivity contribution in [2.45, 2.75) is 6.92 Å². The molecule has 2 N–H and O–H groups in total. The van der Waals surface area contributed by atoms with Crippen LogP contribution in [-0.4, -0.2) is 7.11 Å². The van der Waals surface area contributed by atoms with Crippen LogP contribution in [0.4, 0.5) is 0 Å². The average Bonchev–Trinajstić information content (AvgIpc) is 1.90. The Kier molecular flexibility index (Phi) is 4.12. The molecule has 0 bridgehead atoms. The van der Waals surface area contributed by atoms with Crippen LogP contribution < -0.4 is 5.73 Å². The van der Waals surface area contributed by atoms with Gasteiger partial charge in [0.25, 0.3) is 0 Å². The van der Waals surface area contributed by atoms with Crippen molar-refractivity contribution in [3.05, 3.63) is 36.3 Å². The number of rotatable bonds is 3. The highest BCUT2D eigenvalue weighted by Crippen LogP contribution is 1.97. The average molecular weight is 139 g/mol. The van der Waals surface area contributed by atoms with Gasteiger partial charge < -0.3 is 10.5 Å². The second kappa shape index (κ2) is 4.68. The molecule has 0 aliphatic heterocycles. The van der Waals surface area contributed by atoms with Gasteiger partial charge in [-0.3, -0.25) is 0 Å². The quantitative estimate of drug-likeness (QED) is 0.475. The molecule has 0 aromatic carbocycles. The number of nitrogens with two attached hydrogens (primary N) is 1. The summed E-state index contributed by atoms with van der Waals surface area (Å²) in [6.45, 7) is 5.40. The van der Waals surface area contributed by atoms with Crippen LogP contribution in [0.3, 0.4) is 0 Å². The summed E-state index contributed by atoms with van der Waals surface area (Å²) in [6, 6.07) is 0. The fourth-order valence-corrected chi connectivity index (χ4v) is 0.471. The van der Waals surface area contributed by atoms with Gasteiger partial charge in [0.05, 0.1) is 7.11 Å². The largest absolute Gasteiger partial charge is 0.497 e. The van der Waals surface area contributed by atoms with Gasteiger partial charge in [0.15, 0.2) is 0 Å². The van der Waals surface area contributed by atoms with Crippen molar-refractivity contribution < 1.29 is 4.74 Å². The second-order valence-electron chi connectivity index (χ2n) is 1.80. The van der Waals surface area contributed by atoms with Crippen LogP contribution in [-0.2, 0) is 4.74 Å². The molecular weight excluding hydrogens is 126 g/mol. The molecule has 0 spiro atoms. The maximum Gasteiger partial charge on any atom is 0.114 e. The molecule has 0 aromatic heterocycles. The third kappa shape index (κ3) is 3.78. The predicted molar refractivity (Wildman–Crippen MR) is 43.2 cm³/mol. The third-order valence-corrected chi connectivity index (χ3v) is 0.982. The molecule has 0 saturated carbocycles. The highest BCUT2D eigenvalue weighted by atomic mass is 16.5. The van der Waals surface area contributed by atoms with Gasteiger partial charge in [-0.1, -0.05) is 6.58 Å². The van der Waals surface area contributed by atoms with Crippen LogP contribution in [0.25, 0.3) is 0 Å². The first-order valence-corrected chi connectivity index (χ1v) is 3.03. The first-order chi connectivity index (χ1) is 4.70. The van der Waals surface area contributed by atoms with E-state index in [1.165, 1.54) is 0 Å². The van der Waals surface area contributed by atoms with Crippen LogP contribution in [0, 0.1) is 0 Å². The Labute approximate surface area is 61.7 Å². The maximum absolute atomic E-state index is 5.29. The Morgan fingerprint density at radius 2 is 2.10 bits per heavy atom. The van der Waals surface area contributed by atoms with Crippen molar-refractivity contribution in [3.8, 4) is 0 Å². The number of hydrogen-bond donors (Lipinski definition) is 1. The SMILES string of the molecule is C=C(N)/C=C\C(=C/C)OC. The molecule has 0 amide bonds. The van der Waals surface area contributed by atoms with Crippen molar-refractivity contribution in [1.82, 2.24) is 0 Å². The normalized spacial score (nSPS) is 12.0. The molecule has 0 atom stereocenters. The first-order valence-electron chi connectivity index (χ1n) is 3.03. The van der Waals surface area contributed by atoms with Gasteiger partial charge in [0.2, 0.25) is 0 Å². The highest BCUT2D eigenvalue weighted by molar-refractivity contribution is 5.19. The number of hydrogen-bond acceptors (Lipinski definition) is 2. The first kappa shape index (κ1) is 8.82. The van der Waals surface area contributed by atoms with E-state index in [2.05, 4.69) is 6.58 Å². The van der Waals surface area contributed by atoms with Crippen LogP contribution in [0.2, 0.25) is 0 Å². The summed E-state index contributed by atoms with van der Waals surface area (Å²) in [5.74, 6) is 0.784. The van der Waals surface area contributed by atoms with Crippen LogP contribution >= 0.6 is 0 Å². The zero-order valence-corrected chi connectivity index (χ0v) is 6.42. The van der Waals surface area contributed by atoms with Crippen LogP contribution in [0.5, 0.6) is 0 Å². The third-order valence-electron chi connectivity index (χ3n) is 0.982. The van der Waals surface area contributed by atoms with Gasteiger partial charge in [-0.05, 0) is 25.2 Å². The Morgan fingerprint density at radius 3 is 2.40 bits per heavy atom. The Hall–Kier alpha value is -1.18. The molecule has 0 radical (unpaired) electrons. The standard InChI is InChI=1S/C8H13NO/c1-4-8(10-3)6-5-7(2)9/h4-6H,2,9H2,1,3H3/b6-5-,8-4+. The molecule has 2 heteroatoms. The second-order valence-corrected chi connectivity index (χ2v) is 1.80. The van der Waals surface area contributed by atoms with E-state index >= 15 is 0 Å². The van der Waals surface area contributed by atoms with E-state index < -0.39 is 0 Å². The van der Waals surface area contributed by atoms with Crippen molar-refractivity contribution in [1.29, 1.82) is 0 Å². The van der Waals surface area contributed by atoms with Gasteiger partial charge in [0, 0.05) is 5.70 Å². The Bertz CT molecular complexity index is 168. The van der Waals surface area contributed by atoms with E-state index in [9.17, 15) is 0 Å². The molecule has 10 heavy (non-hydrogen) atoms. The van der Waals surface area contributed by atoms with Gasteiger partial charge in [-0.15, -0.1) is 0 Å². The van der Waals surface area contributed by atoms with E-state index in [0.29, 0.717) is 5.70 Å². The molecule has 0 rings (SSSR count). The monoisotopic (exact) mass is 139 g/mol. The smallest absolute Gasteiger partial charge is 0.114 e. The highest BCUT2D eigenvalue weighted by Gasteiger charge is 1.83. The molecule has 56 valence electrons. The Balaban J connectivity index is 3.98. The summed E-state index contributed by atoms with van der Waals surface area (Å²) >= 11 is 0. The van der Waals surface area contributed by atoms with Gasteiger partial charge in [-0.2, -0.15) is 0 Å². The molecule has 0 saturated heterocycles. The number of methoxy groups -OCH3 is 1. The number of allylic oxidation sites excluding steroid dienone is 3.